The number of nitrogens with one attached hydrogen (secondary N) is 1. The molecule has 0 spiro atoms. The number of aryl methyl sites for hydroxylation is 3. The van der Waals surface area contributed by atoms with Crippen LogP contribution in [0.25, 0.3) is 22.0 Å². The maximum atomic E-state index is 12.5. The molecule has 4 rings (SSSR count). The van der Waals surface area contributed by atoms with E-state index in [1.54, 1.807) is 0 Å². The normalized spacial score (nSPS) is 10.8. The second-order valence-corrected chi connectivity index (χ2v) is 7.22. The number of fused-ring (bicyclic) bond motifs is 1. The number of rotatable bonds is 3. The topological polar surface area (TPSA) is 42.0 Å². The molecule has 0 saturated carbocycles. The summed E-state index contributed by atoms with van der Waals surface area (Å²) >= 11 is 0. The van der Waals surface area contributed by atoms with Crippen LogP contribution >= 0.6 is 0 Å². The number of aromatic nitrogens is 1. The molecule has 0 aliphatic rings. The zero-order chi connectivity index (χ0) is 19.7. The van der Waals surface area contributed by atoms with Gasteiger partial charge >= 0.3 is 0 Å². The SMILES string of the molecule is Cc1ccc(-c2ccc3nc(NC(=O)c4ccc(C)c(C)c4)ccc3c2)cc1. The summed E-state index contributed by atoms with van der Waals surface area (Å²) in [5.74, 6) is 0.407. The summed E-state index contributed by atoms with van der Waals surface area (Å²) in [5, 5.41) is 3.94. The molecule has 138 valence electrons. The highest BCUT2D eigenvalue weighted by atomic mass is 16.1. The van der Waals surface area contributed by atoms with Gasteiger partial charge in [0.15, 0.2) is 0 Å². The monoisotopic (exact) mass is 366 g/mol. The number of nitrogens with zero attached hydrogens (tertiary/aromatic N) is 1. The fourth-order valence-electron chi connectivity index (χ4n) is 3.19. The van der Waals surface area contributed by atoms with Crippen molar-refractivity contribution in [1.82, 2.24) is 4.98 Å². The minimum atomic E-state index is -0.147. The molecule has 0 aliphatic heterocycles. The minimum absolute atomic E-state index is 0.147. The third kappa shape index (κ3) is 3.65. The molecule has 28 heavy (non-hydrogen) atoms. The Bertz CT molecular complexity index is 1180. The summed E-state index contributed by atoms with van der Waals surface area (Å²) in [5.41, 5.74) is 7.34. The highest BCUT2D eigenvalue weighted by Gasteiger charge is 2.09. The molecule has 1 aromatic heterocycles. The molecule has 1 amide bonds. The number of carbonyl (C=O) groups excluding carboxylic acids is 1. The van der Waals surface area contributed by atoms with Crippen LogP contribution in [0.2, 0.25) is 0 Å². The van der Waals surface area contributed by atoms with Gasteiger partial charge in [-0.3, -0.25) is 4.79 Å². The molecule has 0 aliphatic carbocycles. The first kappa shape index (κ1) is 17.9. The summed E-state index contributed by atoms with van der Waals surface area (Å²) in [6.45, 7) is 6.13. The maximum absolute atomic E-state index is 12.5. The predicted octanol–water partition coefficient (Wildman–Crippen LogP) is 6.08. The average Bonchev–Trinajstić information content (AvgIpc) is 2.70. The number of anilines is 1. The lowest BCUT2D eigenvalue weighted by molar-refractivity contribution is 0.102. The molecule has 0 saturated heterocycles. The standard InChI is InChI=1S/C25H22N2O/c1-16-4-7-19(8-5-16)20-10-12-23-21(15-20)11-13-24(26-23)27-25(28)22-9-6-17(2)18(3)14-22/h4-15H,1-3H3,(H,26,27,28). The summed E-state index contributed by atoms with van der Waals surface area (Å²) in [6, 6.07) is 24.2. The summed E-state index contributed by atoms with van der Waals surface area (Å²) in [4.78, 5) is 17.1. The molecule has 3 heteroatoms. The molecule has 1 N–H and O–H groups in total. The van der Waals surface area contributed by atoms with Crippen molar-refractivity contribution in [3.8, 4) is 11.1 Å². The van der Waals surface area contributed by atoms with Gasteiger partial charge in [0.05, 0.1) is 5.52 Å². The van der Waals surface area contributed by atoms with Gasteiger partial charge in [-0.05, 0) is 79.4 Å². The number of hydrogen-bond donors (Lipinski definition) is 1. The van der Waals surface area contributed by atoms with Crippen molar-refractivity contribution < 1.29 is 4.79 Å². The molecule has 1 heterocycles. The average molecular weight is 366 g/mol. The van der Waals surface area contributed by atoms with Gasteiger partial charge in [0.2, 0.25) is 0 Å². The van der Waals surface area contributed by atoms with Crippen LogP contribution in [-0.4, -0.2) is 10.9 Å². The summed E-state index contributed by atoms with van der Waals surface area (Å²) < 4.78 is 0. The van der Waals surface area contributed by atoms with Gasteiger partial charge in [-0.2, -0.15) is 0 Å². The molecule has 3 aromatic carbocycles. The molecule has 0 atom stereocenters. The Morgan fingerprint density at radius 3 is 2.25 bits per heavy atom. The number of amides is 1. The van der Waals surface area contributed by atoms with Crippen LogP contribution < -0.4 is 5.32 Å². The van der Waals surface area contributed by atoms with Crippen molar-refractivity contribution >= 4 is 22.6 Å². The van der Waals surface area contributed by atoms with E-state index in [1.165, 1.54) is 16.7 Å². The highest BCUT2D eigenvalue weighted by Crippen LogP contribution is 2.25. The number of pyridine rings is 1. The summed E-state index contributed by atoms with van der Waals surface area (Å²) in [7, 11) is 0. The summed E-state index contributed by atoms with van der Waals surface area (Å²) in [6.07, 6.45) is 0. The number of hydrogen-bond acceptors (Lipinski definition) is 2. The Labute approximate surface area is 165 Å². The van der Waals surface area contributed by atoms with Crippen LogP contribution in [0.5, 0.6) is 0 Å². The molecule has 0 bridgehead atoms. The van der Waals surface area contributed by atoms with Crippen molar-refractivity contribution in [2.75, 3.05) is 5.32 Å². The first-order valence-electron chi connectivity index (χ1n) is 9.36. The van der Waals surface area contributed by atoms with E-state index in [9.17, 15) is 4.79 Å². The number of carbonyl (C=O) groups is 1. The Morgan fingerprint density at radius 2 is 1.50 bits per heavy atom. The lowest BCUT2D eigenvalue weighted by Crippen LogP contribution is -2.13. The quantitative estimate of drug-likeness (QED) is 0.477. The van der Waals surface area contributed by atoms with Crippen molar-refractivity contribution in [1.29, 1.82) is 0 Å². The Hall–Kier alpha value is -3.46. The van der Waals surface area contributed by atoms with E-state index in [-0.39, 0.29) is 5.91 Å². The zero-order valence-corrected chi connectivity index (χ0v) is 16.3. The lowest BCUT2D eigenvalue weighted by atomic mass is 10.0. The van der Waals surface area contributed by atoms with Crippen LogP contribution in [0.3, 0.4) is 0 Å². The van der Waals surface area contributed by atoms with E-state index in [0.29, 0.717) is 11.4 Å². The zero-order valence-electron chi connectivity index (χ0n) is 16.3. The number of benzene rings is 3. The Balaban J connectivity index is 1.59. The van der Waals surface area contributed by atoms with E-state index in [1.807, 2.05) is 50.2 Å². The predicted molar refractivity (Wildman–Crippen MR) is 116 cm³/mol. The third-order valence-electron chi connectivity index (χ3n) is 5.08. The second kappa shape index (κ2) is 7.28. The fraction of sp³-hybridized carbons (Fsp3) is 0.120. The molecular weight excluding hydrogens is 344 g/mol. The third-order valence-corrected chi connectivity index (χ3v) is 5.08. The van der Waals surface area contributed by atoms with Crippen molar-refractivity contribution in [2.24, 2.45) is 0 Å². The van der Waals surface area contributed by atoms with Gasteiger partial charge in [0, 0.05) is 10.9 Å². The van der Waals surface area contributed by atoms with Crippen LogP contribution in [0, 0.1) is 20.8 Å². The van der Waals surface area contributed by atoms with Gasteiger partial charge in [-0.25, -0.2) is 4.98 Å². The van der Waals surface area contributed by atoms with Gasteiger partial charge < -0.3 is 5.32 Å². The molecule has 3 nitrogen and oxygen atoms in total. The van der Waals surface area contributed by atoms with Crippen LogP contribution in [0.4, 0.5) is 5.82 Å². The Morgan fingerprint density at radius 1 is 0.750 bits per heavy atom. The molecule has 0 unspecified atom stereocenters. The highest BCUT2D eigenvalue weighted by molar-refractivity contribution is 6.04. The van der Waals surface area contributed by atoms with E-state index >= 15 is 0 Å². The van der Waals surface area contributed by atoms with Crippen LogP contribution in [0.15, 0.2) is 72.8 Å². The van der Waals surface area contributed by atoms with Gasteiger partial charge in [0.1, 0.15) is 5.82 Å². The van der Waals surface area contributed by atoms with Crippen molar-refractivity contribution in [3.05, 3.63) is 95.1 Å². The van der Waals surface area contributed by atoms with Crippen molar-refractivity contribution in [2.45, 2.75) is 20.8 Å². The second-order valence-electron chi connectivity index (χ2n) is 7.22. The molecule has 0 radical (unpaired) electrons. The minimum Gasteiger partial charge on any atom is -0.307 e. The van der Waals surface area contributed by atoms with Gasteiger partial charge in [0.25, 0.3) is 5.91 Å². The smallest absolute Gasteiger partial charge is 0.256 e. The molecule has 0 fully saturated rings. The Kier molecular flexibility index (Phi) is 4.66. The van der Waals surface area contributed by atoms with Gasteiger partial charge in [-0.1, -0.05) is 42.0 Å². The van der Waals surface area contributed by atoms with Crippen molar-refractivity contribution in [3.63, 3.8) is 0 Å². The first-order valence-corrected chi connectivity index (χ1v) is 9.36. The molecular formula is C25H22N2O. The van der Waals surface area contributed by atoms with Gasteiger partial charge in [-0.15, -0.1) is 0 Å². The first-order chi connectivity index (χ1) is 13.5. The van der Waals surface area contributed by atoms with E-state index in [0.717, 1.165) is 22.0 Å². The lowest BCUT2D eigenvalue weighted by Gasteiger charge is -2.09. The molecule has 4 aromatic rings. The van der Waals surface area contributed by atoms with Crippen LogP contribution in [-0.2, 0) is 0 Å². The van der Waals surface area contributed by atoms with E-state index < -0.39 is 0 Å². The largest absolute Gasteiger partial charge is 0.307 e. The maximum Gasteiger partial charge on any atom is 0.256 e. The van der Waals surface area contributed by atoms with Crippen LogP contribution in [0.1, 0.15) is 27.0 Å². The fourth-order valence-corrected chi connectivity index (χ4v) is 3.19. The van der Waals surface area contributed by atoms with E-state index in [2.05, 4.69) is 53.6 Å². The van der Waals surface area contributed by atoms with E-state index in [4.69, 9.17) is 0 Å².